The second-order valence-electron chi connectivity index (χ2n) is 7.74. The Kier molecular flexibility index (Phi) is 28.0. The predicted octanol–water partition coefficient (Wildman–Crippen LogP) is 2.89. The summed E-state index contributed by atoms with van der Waals surface area (Å²) >= 11 is 0. The van der Waals surface area contributed by atoms with E-state index in [9.17, 15) is 18.0 Å². The topological polar surface area (TPSA) is 129 Å². The normalized spacial score (nSPS) is 11.7. The Hall–Kier alpha value is -0.150. The van der Waals surface area contributed by atoms with E-state index in [2.05, 4.69) is 13.8 Å². The van der Waals surface area contributed by atoms with Gasteiger partial charge in [-0.25, -0.2) is 0 Å². The van der Waals surface area contributed by atoms with Crippen LogP contribution in [0.3, 0.4) is 0 Å². The summed E-state index contributed by atoms with van der Waals surface area (Å²) in [6.07, 6.45) is 21.7. The molecule has 0 radical (unpaired) electrons. The number of unbranched alkanes of at least 4 members (excludes halogenated alkanes) is 15. The van der Waals surface area contributed by atoms with Gasteiger partial charge in [-0.1, -0.05) is 103 Å². The van der Waals surface area contributed by atoms with Crippen LogP contribution in [0.2, 0.25) is 0 Å². The van der Waals surface area contributed by atoms with Crippen molar-refractivity contribution in [1.29, 1.82) is 0 Å². The maximum absolute atomic E-state index is 10.2. The Labute approximate surface area is 211 Å². The van der Waals surface area contributed by atoms with Crippen molar-refractivity contribution in [2.24, 2.45) is 0 Å². The van der Waals surface area contributed by atoms with Gasteiger partial charge >= 0.3 is 41.5 Å². The molecular formula is C22H43NaO7S. The number of aliphatic carboxylic acids is 2. The summed E-state index contributed by atoms with van der Waals surface area (Å²) in [6.45, 7) is 6.18. The van der Waals surface area contributed by atoms with Gasteiger partial charge in [-0.2, -0.15) is 14.8 Å². The van der Waals surface area contributed by atoms with Crippen LogP contribution >= 0.6 is 0 Å². The molecule has 31 heavy (non-hydrogen) atoms. The fourth-order valence-corrected chi connectivity index (χ4v) is 3.63. The number of hydrogen-bond donors (Lipinski definition) is 3. The van der Waals surface area contributed by atoms with E-state index in [1.807, 2.05) is 0 Å². The molecule has 7 nitrogen and oxygen atoms in total. The maximum Gasteiger partial charge on any atom is 1.00 e. The predicted molar refractivity (Wildman–Crippen MR) is 120 cm³/mol. The second-order valence-corrected chi connectivity index (χ2v) is 9.34. The van der Waals surface area contributed by atoms with Crippen molar-refractivity contribution in [3.05, 3.63) is 6.92 Å². The number of hydrogen-bond acceptors (Lipinski definition) is 4. The molecule has 0 saturated carbocycles. The van der Waals surface area contributed by atoms with E-state index in [-0.39, 0.29) is 29.6 Å². The molecule has 0 rings (SSSR count). The second kappa shape index (κ2) is 24.5. The third-order valence-electron chi connectivity index (χ3n) is 4.85. The Morgan fingerprint density at radius 3 is 1.26 bits per heavy atom. The molecule has 0 aromatic carbocycles. The van der Waals surface area contributed by atoms with Crippen LogP contribution in [0.4, 0.5) is 0 Å². The van der Waals surface area contributed by atoms with E-state index in [0.717, 1.165) is 6.42 Å². The zero-order valence-corrected chi connectivity index (χ0v) is 22.5. The Balaban J connectivity index is -0.000000528. The monoisotopic (exact) mass is 474 g/mol. The van der Waals surface area contributed by atoms with Gasteiger partial charge in [0.2, 0.25) is 0 Å². The molecule has 9 heteroatoms. The minimum Gasteiger partial charge on any atom is -0.481 e. The summed E-state index contributed by atoms with van der Waals surface area (Å²) in [5, 5.41) is 13.9. The van der Waals surface area contributed by atoms with Gasteiger partial charge in [0.25, 0.3) is 10.1 Å². The summed E-state index contributed by atoms with van der Waals surface area (Å²) in [6, 6.07) is 0. The average Bonchev–Trinajstić information content (AvgIpc) is 2.66. The fraction of sp³-hybridized carbons (Fsp3) is 0.864. The quantitative estimate of drug-likeness (QED) is 0.114. The first-order valence-electron chi connectivity index (χ1n) is 11.4. The maximum atomic E-state index is 10.2. The molecule has 0 bridgehead atoms. The average molecular weight is 475 g/mol. The SMILES string of the molecule is O=C(O)CC(C(=O)O)S(=O)(=O)O.[CH2-]CCCCCCCCCCCCCCCCC.[Na+]. The van der Waals surface area contributed by atoms with Gasteiger partial charge in [-0.3, -0.25) is 14.1 Å². The Morgan fingerprint density at radius 1 is 0.742 bits per heavy atom. The van der Waals surface area contributed by atoms with Crippen LogP contribution in [0.1, 0.15) is 116 Å². The molecule has 0 heterocycles. The molecule has 1 atom stereocenters. The summed E-state index contributed by atoms with van der Waals surface area (Å²) < 4.78 is 28.7. The van der Waals surface area contributed by atoms with Crippen molar-refractivity contribution in [1.82, 2.24) is 0 Å². The van der Waals surface area contributed by atoms with E-state index < -0.39 is 33.7 Å². The van der Waals surface area contributed by atoms with Crippen LogP contribution in [0.15, 0.2) is 0 Å². The summed E-state index contributed by atoms with van der Waals surface area (Å²) in [4.78, 5) is 20.0. The Morgan fingerprint density at radius 2 is 1.06 bits per heavy atom. The molecule has 0 aliphatic carbocycles. The van der Waals surface area contributed by atoms with E-state index in [1.54, 1.807) is 0 Å². The van der Waals surface area contributed by atoms with E-state index in [0.29, 0.717) is 0 Å². The molecular weight excluding hydrogens is 431 g/mol. The van der Waals surface area contributed by atoms with Gasteiger partial charge in [-0.15, -0.1) is 0 Å². The smallest absolute Gasteiger partial charge is 0.481 e. The van der Waals surface area contributed by atoms with Crippen molar-refractivity contribution >= 4 is 22.1 Å². The van der Waals surface area contributed by atoms with Gasteiger partial charge in [-0.05, 0) is 0 Å². The molecule has 0 aromatic heterocycles. The van der Waals surface area contributed by atoms with Crippen LogP contribution in [-0.2, 0) is 19.7 Å². The summed E-state index contributed by atoms with van der Waals surface area (Å²) in [5.41, 5.74) is 0. The summed E-state index contributed by atoms with van der Waals surface area (Å²) in [7, 11) is -4.84. The number of carbonyl (C=O) groups is 2. The molecule has 0 aliphatic heterocycles. The zero-order valence-electron chi connectivity index (χ0n) is 19.7. The summed E-state index contributed by atoms with van der Waals surface area (Å²) in [5.74, 6) is -3.50. The van der Waals surface area contributed by atoms with E-state index >= 15 is 0 Å². The van der Waals surface area contributed by atoms with Crippen molar-refractivity contribution in [2.45, 2.75) is 121 Å². The fourth-order valence-electron chi connectivity index (χ4n) is 3.03. The van der Waals surface area contributed by atoms with Crippen LogP contribution in [-0.4, -0.2) is 40.4 Å². The van der Waals surface area contributed by atoms with Gasteiger partial charge in [0.05, 0.1) is 6.42 Å². The van der Waals surface area contributed by atoms with Crippen LogP contribution in [0.5, 0.6) is 0 Å². The first-order valence-corrected chi connectivity index (χ1v) is 12.9. The van der Waals surface area contributed by atoms with Crippen molar-refractivity contribution < 1.29 is 62.3 Å². The number of carboxylic acid groups (broad SMARTS) is 2. The third kappa shape index (κ3) is 27.8. The van der Waals surface area contributed by atoms with Crippen LogP contribution in [0.25, 0.3) is 0 Å². The van der Waals surface area contributed by atoms with E-state index in [4.69, 9.17) is 14.8 Å². The molecule has 0 fully saturated rings. The molecule has 0 aliphatic rings. The standard InChI is InChI=1S/C18H37.C4H6O7S.Na/c1-3-5-7-9-11-13-15-17-18-16-14-12-10-8-6-4-2;5-3(6)1-2(4(7)8)12(9,10)11;/h1,3-18H2,2H3;2H,1H2,(H,5,6)(H,7,8)(H,9,10,11);/q-1;;+1. The minimum atomic E-state index is -4.84. The van der Waals surface area contributed by atoms with Gasteiger partial charge in [0.1, 0.15) is 0 Å². The van der Waals surface area contributed by atoms with Crippen molar-refractivity contribution in [3.8, 4) is 0 Å². The number of rotatable bonds is 19. The van der Waals surface area contributed by atoms with E-state index in [1.165, 1.54) is 96.3 Å². The first kappa shape index (κ1) is 35.4. The molecule has 1 unspecified atom stereocenters. The first-order chi connectivity index (χ1) is 14.2. The van der Waals surface area contributed by atoms with Crippen molar-refractivity contribution in [2.75, 3.05) is 0 Å². The van der Waals surface area contributed by atoms with Gasteiger partial charge in [0, 0.05) is 0 Å². The van der Waals surface area contributed by atoms with Crippen LogP contribution < -0.4 is 29.6 Å². The Bertz CT molecular complexity index is 508. The van der Waals surface area contributed by atoms with Gasteiger partial charge < -0.3 is 17.1 Å². The molecule has 180 valence electrons. The van der Waals surface area contributed by atoms with Crippen molar-refractivity contribution in [3.63, 3.8) is 0 Å². The number of carboxylic acids is 2. The minimum absolute atomic E-state index is 0. The molecule has 0 saturated heterocycles. The zero-order chi connectivity index (χ0) is 23.3. The van der Waals surface area contributed by atoms with Gasteiger partial charge in [0.15, 0.2) is 5.25 Å². The largest absolute Gasteiger partial charge is 1.00 e. The molecule has 0 aromatic rings. The molecule has 0 amide bonds. The molecule has 3 N–H and O–H groups in total. The molecule has 0 spiro atoms. The third-order valence-corrected chi connectivity index (χ3v) is 5.94. The van der Waals surface area contributed by atoms with Crippen LogP contribution in [0, 0.1) is 6.92 Å².